The Morgan fingerprint density at radius 3 is 2.40 bits per heavy atom. The second-order valence-corrected chi connectivity index (χ2v) is 7.43. The molecule has 7 heteroatoms. The summed E-state index contributed by atoms with van der Waals surface area (Å²) in [5, 5.41) is 3.09. The van der Waals surface area contributed by atoms with Crippen molar-refractivity contribution in [3.05, 3.63) is 53.6 Å². The molecule has 0 unspecified atom stereocenters. The zero-order valence-electron chi connectivity index (χ0n) is 18.2. The monoisotopic (exact) mass is 413 g/mol. The molecule has 0 radical (unpaired) electrons. The number of methoxy groups -OCH3 is 2. The standard InChI is InChI=1S/C23H31N3O4/c1-25(2)18-7-5-17(6-8-18)21(26-11-13-30-14-12-26)16-24-23(27)20-10-9-19(28-3)15-22(20)29-4/h5-10,15,21H,11-14,16H2,1-4H3,(H,24,27)/t21-/m0/s1. The SMILES string of the molecule is COc1ccc(C(=O)NC[C@@H](c2ccc(N(C)C)cc2)N2CCOCC2)c(OC)c1. The molecule has 3 rings (SSSR count). The number of benzene rings is 2. The van der Waals surface area contributed by atoms with Crippen molar-refractivity contribution in [2.45, 2.75) is 6.04 Å². The number of amides is 1. The second-order valence-electron chi connectivity index (χ2n) is 7.43. The summed E-state index contributed by atoms with van der Waals surface area (Å²) in [6.07, 6.45) is 0. The van der Waals surface area contributed by atoms with E-state index in [1.807, 2.05) is 14.1 Å². The highest BCUT2D eigenvalue weighted by molar-refractivity contribution is 5.97. The Labute approximate surface area is 178 Å². The second kappa shape index (κ2) is 10.3. The smallest absolute Gasteiger partial charge is 0.255 e. The largest absolute Gasteiger partial charge is 0.497 e. The highest BCUT2D eigenvalue weighted by Crippen LogP contribution is 2.26. The minimum absolute atomic E-state index is 0.0679. The first-order valence-corrected chi connectivity index (χ1v) is 10.1. The molecule has 7 nitrogen and oxygen atoms in total. The Morgan fingerprint density at radius 2 is 1.80 bits per heavy atom. The zero-order valence-corrected chi connectivity index (χ0v) is 18.2. The average molecular weight is 414 g/mol. The van der Waals surface area contributed by atoms with Crippen LogP contribution in [0, 0.1) is 0 Å². The predicted molar refractivity (Wildman–Crippen MR) is 118 cm³/mol. The Morgan fingerprint density at radius 1 is 1.10 bits per heavy atom. The molecule has 0 aliphatic carbocycles. The molecular formula is C23H31N3O4. The highest BCUT2D eigenvalue weighted by atomic mass is 16.5. The van der Waals surface area contributed by atoms with Crippen molar-refractivity contribution in [3.8, 4) is 11.5 Å². The van der Waals surface area contributed by atoms with Crippen LogP contribution in [0.15, 0.2) is 42.5 Å². The third-order valence-corrected chi connectivity index (χ3v) is 5.39. The molecule has 1 saturated heterocycles. The van der Waals surface area contributed by atoms with Gasteiger partial charge in [-0.05, 0) is 29.8 Å². The number of morpholine rings is 1. The quantitative estimate of drug-likeness (QED) is 0.718. The minimum Gasteiger partial charge on any atom is -0.497 e. The molecule has 1 amide bonds. The van der Waals surface area contributed by atoms with E-state index in [0.29, 0.717) is 36.8 Å². The van der Waals surface area contributed by atoms with E-state index in [-0.39, 0.29) is 11.9 Å². The van der Waals surface area contributed by atoms with Crippen LogP contribution in [0.4, 0.5) is 5.69 Å². The number of ether oxygens (including phenoxy) is 3. The van der Waals surface area contributed by atoms with Crippen LogP contribution in [0.25, 0.3) is 0 Å². The van der Waals surface area contributed by atoms with Gasteiger partial charge in [0.1, 0.15) is 11.5 Å². The molecule has 2 aromatic rings. The van der Waals surface area contributed by atoms with Gasteiger partial charge in [-0.1, -0.05) is 12.1 Å². The fraction of sp³-hybridized carbons (Fsp3) is 0.435. The normalized spacial score (nSPS) is 15.3. The van der Waals surface area contributed by atoms with Crippen molar-refractivity contribution in [1.29, 1.82) is 0 Å². The molecule has 1 fully saturated rings. The molecule has 1 atom stereocenters. The van der Waals surface area contributed by atoms with Crippen LogP contribution in [-0.2, 0) is 4.74 Å². The lowest BCUT2D eigenvalue weighted by Crippen LogP contribution is -2.43. The summed E-state index contributed by atoms with van der Waals surface area (Å²) in [7, 11) is 7.19. The molecule has 0 spiro atoms. The van der Waals surface area contributed by atoms with Crippen molar-refractivity contribution in [2.75, 3.05) is 66.1 Å². The van der Waals surface area contributed by atoms with E-state index >= 15 is 0 Å². The van der Waals surface area contributed by atoms with Crippen molar-refractivity contribution >= 4 is 11.6 Å². The van der Waals surface area contributed by atoms with E-state index in [2.05, 4.69) is 39.4 Å². The predicted octanol–water partition coefficient (Wildman–Crippen LogP) is 2.57. The fourth-order valence-electron chi connectivity index (χ4n) is 3.61. The maximum atomic E-state index is 12.9. The lowest BCUT2D eigenvalue weighted by atomic mass is 10.0. The van der Waals surface area contributed by atoms with Gasteiger partial charge in [0.05, 0.1) is 39.0 Å². The Kier molecular flexibility index (Phi) is 7.54. The van der Waals surface area contributed by atoms with Gasteiger partial charge in [0.25, 0.3) is 5.91 Å². The zero-order chi connectivity index (χ0) is 21.5. The van der Waals surface area contributed by atoms with E-state index in [0.717, 1.165) is 18.8 Å². The molecule has 1 aliphatic heterocycles. The third kappa shape index (κ3) is 5.23. The lowest BCUT2D eigenvalue weighted by Gasteiger charge is -2.35. The number of nitrogens with zero attached hydrogens (tertiary/aromatic N) is 2. The van der Waals surface area contributed by atoms with E-state index in [1.54, 1.807) is 32.4 Å². The fourth-order valence-corrected chi connectivity index (χ4v) is 3.61. The maximum Gasteiger partial charge on any atom is 0.255 e. The summed E-state index contributed by atoms with van der Waals surface area (Å²) >= 11 is 0. The van der Waals surface area contributed by atoms with Gasteiger partial charge >= 0.3 is 0 Å². The Balaban J connectivity index is 1.77. The van der Waals surface area contributed by atoms with E-state index < -0.39 is 0 Å². The summed E-state index contributed by atoms with van der Waals surface area (Å²) in [6.45, 7) is 3.57. The molecule has 0 saturated carbocycles. The molecule has 30 heavy (non-hydrogen) atoms. The first kappa shape index (κ1) is 21.9. The molecular weight excluding hydrogens is 382 g/mol. The van der Waals surface area contributed by atoms with Gasteiger partial charge in [-0.3, -0.25) is 9.69 Å². The van der Waals surface area contributed by atoms with E-state index in [1.165, 1.54) is 5.56 Å². The van der Waals surface area contributed by atoms with E-state index in [4.69, 9.17) is 14.2 Å². The van der Waals surface area contributed by atoms with E-state index in [9.17, 15) is 4.79 Å². The molecule has 2 aromatic carbocycles. The lowest BCUT2D eigenvalue weighted by molar-refractivity contribution is 0.0162. The van der Waals surface area contributed by atoms with Crippen LogP contribution in [-0.4, -0.2) is 72.0 Å². The summed E-state index contributed by atoms with van der Waals surface area (Å²) in [5.74, 6) is 0.971. The maximum absolute atomic E-state index is 12.9. The van der Waals surface area contributed by atoms with Gasteiger partial charge in [0.15, 0.2) is 0 Å². The molecule has 1 heterocycles. The third-order valence-electron chi connectivity index (χ3n) is 5.39. The number of nitrogens with one attached hydrogen (secondary N) is 1. The Bertz CT molecular complexity index is 833. The van der Waals surface area contributed by atoms with Crippen molar-refractivity contribution in [2.24, 2.45) is 0 Å². The number of hydrogen-bond donors (Lipinski definition) is 1. The molecule has 1 aliphatic rings. The summed E-state index contributed by atoms with van der Waals surface area (Å²) in [6, 6.07) is 13.8. The van der Waals surface area contributed by atoms with Gasteiger partial charge in [0.2, 0.25) is 0 Å². The minimum atomic E-state index is -0.169. The van der Waals surface area contributed by atoms with Gasteiger partial charge < -0.3 is 24.4 Å². The van der Waals surface area contributed by atoms with Gasteiger partial charge in [-0.25, -0.2) is 0 Å². The van der Waals surface area contributed by atoms with Gasteiger partial charge in [0, 0.05) is 45.5 Å². The van der Waals surface area contributed by atoms with Crippen molar-refractivity contribution in [1.82, 2.24) is 10.2 Å². The summed E-state index contributed by atoms with van der Waals surface area (Å²) in [4.78, 5) is 17.3. The summed E-state index contributed by atoms with van der Waals surface area (Å²) < 4.78 is 16.1. The average Bonchev–Trinajstić information content (AvgIpc) is 2.79. The number of anilines is 1. The topological polar surface area (TPSA) is 63.3 Å². The number of hydrogen-bond acceptors (Lipinski definition) is 6. The van der Waals surface area contributed by atoms with Crippen LogP contribution in [0.3, 0.4) is 0 Å². The Hall–Kier alpha value is -2.77. The molecule has 0 aromatic heterocycles. The first-order chi connectivity index (χ1) is 14.5. The number of carbonyl (C=O) groups excluding carboxylic acids is 1. The summed E-state index contributed by atoms with van der Waals surface area (Å²) in [5.41, 5.74) is 2.80. The van der Waals surface area contributed by atoms with Crippen LogP contribution >= 0.6 is 0 Å². The molecule has 0 bridgehead atoms. The van der Waals surface area contributed by atoms with Crippen LogP contribution in [0.2, 0.25) is 0 Å². The van der Waals surface area contributed by atoms with Crippen LogP contribution in [0.5, 0.6) is 11.5 Å². The number of carbonyl (C=O) groups is 1. The van der Waals surface area contributed by atoms with Crippen LogP contribution < -0.4 is 19.7 Å². The number of rotatable bonds is 8. The van der Waals surface area contributed by atoms with Gasteiger partial charge in [-0.15, -0.1) is 0 Å². The van der Waals surface area contributed by atoms with Crippen molar-refractivity contribution < 1.29 is 19.0 Å². The van der Waals surface area contributed by atoms with Crippen LogP contribution in [0.1, 0.15) is 22.0 Å². The van der Waals surface area contributed by atoms with Crippen molar-refractivity contribution in [3.63, 3.8) is 0 Å². The highest BCUT2D eigenvalue weighted by Gasteiger charge is 2.24. The first-order valence-electron chi connectivity index (χ1n) is 10.1. The molecule has 162 valence electrons. The van der Waals surface area contributed by atoms with Gasteiger partial charge in [-0.2, -0.15) is 0 Å². The molecule has 1 N–H and O–H groups in total.